The second kappa shape index (κ2) is 5.78. The second-order valence-electron chi connectivity index (χ2n) is 3.84. The van der Waals surface area contributed by atoms with E-state index in [0.29, 0.717) is 0 Å². The Morgan fingerprint density at radius 3 is 2.39 bits per heavy atom. The lowest BCUT2D eigenvalue weighted by Crippen LogP contribution is -1.89. The topological polar surface area (TPSA) is 12.9 Å². The number of aromatic nitrogens is 1. The van der Waals surface area contributed by atoms with Crippen molar-refractivity contribution in [2.24, 2.45) is 0 Å². The van der Waals surface area contributed by atoms with Crippen LogP contribution in [0.2, 0.25) is 0 Å². The summed E-state index contributed by atoms with van der Waals surface area (Å²) in [7, 11) is 0. The van der Waals surface area contributed by atoms with Crippen LogP contribution in [0.3, 0.4) is 0 Å². The molecule has 0 radical (unpaired) electrons. The number of benzene rings is 1. The number of hydrogen-bond acceptors (Lipinski definition) is 1. The van der Waals surface area contributed by atoms with Gasteiger partial charge in [-0.1, -0.05) is 67.8 Å². The molecule has 0 spiro atoms. The molecule has 0 unspecified atom stereocenters. The first-order chi connectivity index (χ1) is 8.85. The van der Waals surface area contributed by atoms with Crippen molar-refractivity contribution in [3.63, 3.8) is 0 Å². The third kappa shape index (κ3) is 2.64. The van der Waals surface area contributed by atoms with E-state index >= 15 is 0 Å². The lowest BCUT2D eigenvalue weighted by atomic mass is 10.1. The maximum absolute atomic E-state index is 4.65. The van der Waals surface area contributed by atoms with Crippen molar-refractivity contribution < 1.29 is 0 Å². The molecule has 1 heteroatoms. The lowest BCUT2D eigenvalue weighted by molar-refractivity contribution is 1.28. The number of pyridine rings is 1. The van der Waals surface area contributed by atoms with Gasteiger partial charge in [-0.15, -0.1) is 0 Å². The van der Waals surface area contributed by atoms with Crippen LogP contribution >= 0.6 is 0 Å². The van der Waals surface area contributed by atoms with Crippen molar-refractivity contribution in [1.29, 1.82) is 0 Å². The van der Waals surface area contributed by atoms with Crippen LogP contribution < -0.4 is 0 Å². The third-order valence-electron chi connectivity index (χ3n) is 2.63. The van der Waals surface area contributed by atoms with E-state index in [1.165, 1.54) is 0 Å². The quantitative estimate of drug-likeness (QED) is 0.708. The highest BCUT2D eigenvalue weighted by Gasteiger charge is 2.02. The van der Waals surface area contributed by atoms with E-state index in [0.717, 1.165) is 22.5 Å². The minimum absolute atomic E-state index is 0.909. The minimum Gasteiger partial charge on any atom is -0.248 e. The van der Waals surface area contributed by atoms with Gasteiger partial charge < -0.3 is 0 Å². The highest BCUT2D eigenvalue weighted by atomic mass is 14.7. The summed E-state index contributed by atoms with van der Waals surface area (Å²) >= 11 is 0. The minimum atomic E-state index is 0.909. The fourth-order valence-electron chi connectivity index (χ4n) is 1.75. The Labute approximate surface area is 108 Å². The van der Waals surface area contributed by atoms with Gasteiger partial charge in [0.2, 0.25) is 0 Å². The number of allylic oxidation sites excluding steroid dienone is 4. The zero-order valence-electron chi connectivity index (χ0n) is 10.2. The molecule has 2 aromatic rings. The number of rotatable bonds is 4. The van der Waals surface area contributed by atoms with E-state index in [-0.39, 0.29) is 0 Å². The van der Waals surface area contributed by atoms with Crippen molar-refractivity contribution in [3.05, 3.63) is 85.6 Å². The van der Waals surface area contributed by atoms with Crippen LogP contribution in [0.15, 0.2) is 79.9 Å². The van der Waals surface area contributed by atoms with Crippen molar-refractivity contribution in [2.45, 2.75) is 0 Å². The maximum atomic E-state index is 4.65. The zero-order chi connectivity index (χ0) is 12.8. The van der Waals surface area contributed by atoms with Crippen LogP contribution in [0.25, 0.3) is 16.8 Å². The van der Waals surface area contributed by atoms with E-state index in [9.17, 15) is 0 Å². The van der Waals surface area contributed by atoms with Gasteiger partial charge in [-0.25, -0.2) is 4.98 Å². The molecule has 1 aromatic heterocycles. The van der Waals surface area contributed by atoms with Gasteiger partial charge in [-0.05, 0) is 17.7 Å². The monoisotopic (exact) mass is 233 g/mol. The highest BCUT2D eigenvalue weighted by molar-refractivity contribution is 5.74. The molecule has 18 heavy (non-hydrogen) atoms. The zero-order valence-corrected chi connectivity index (χ0v) is 10.2. The van der Waals surface area contributed by atoms with Gasteiger partial charge in [0, 0.05) is 5.56 Å². The van der Waals surface area contributed by atoms with Crippen LogP contribution in [0, 0.1) is 0 Å². The summed E-state index contributed by atoms with van der Waals surface area (Å²) in [6, 6.07) is 16.1. The third-order valence-corrected chi connectivity index (χ3v) is 2.63. The number of hydrogen-bond donors (Lipinski definition) is 0. The molecule has 1 heterocycles. The van der Waals surface area contributed by atoms with Gasteiger partial charge in [0.1, 0.15) is 0 Å². The second-order valence-corrected chi connectivity index (χ2v) is 3.84. The molecular weight excluding hydrogens is 218 g/mol. The summed E-state index contributed by atoms with van der Waals surface area (Å²) in [6.45, 7) is 7.50. The maximum Gasteiger partial charge on any atom is 0.0709 e. The fourth-order valence-corrected chi connectivity index (χ4v) is 1.75. The van der Waals surface area contributed by atoms with E-state index in [4.69, 9.17) is 0 Å². The molecule has 0 aliphatic heterocycles. The predicted molar refractivity (Wildman–Crippen MR) is 78.0 cm³/mol. The van der Waals surface area contributed by atoms with Gasteiger partial charge >= 0.3 is 0 Å². The van der Waals surface area contributed by atoms with E-state index in [1.54, 1.807) is 12.2 Å². The van der Waals surface area contributed by atoms with Crippen LogP contribution in [-0.4, -0.2) is 4.98 Å². The molecule has 0 atom stereocenters. The lowest BCUT2D eigenvalue weighted by Gasteiger charge is -2.05. The summed E-state index contributed by atoms with van der Waals surface area (Å²) in [5.41, 5.74) is 3.96. The predicted octanol–water partition coefficient (Wildman–Crippen LogP) is 4.50. The van der Waals surface area contributed by atoms with E-state index < -0.39 is 0 Å². The first-order valence-electron chi connectivity index (χ1n) is 5.83. The van der Waals surface area contributed by atoms with Crippen molar-refractivity contribution in [2.75, 3.05) is 0 Å². The summed E-state index contributed by atoms with van der Waals surface area (Å²) in [5.74, 6) is 0. The molecule has 0 amide bonds. The molecule has 1 nitrogen and oxygen atoms in total. The molecule has 88 valence electrons. The molecule has 0 aliphatic rings. The largest absolute Gasteiger partial charge is 0.248 e. The Hall–Kier alpha value is -2.41. The van der Waals surface area contributed by atoms with Crippen molar-refractivity contribution in [3.8, 4) is 11.3 Å². The summed E-state index contributed by atoms with van der Waals surface area (Å²) in [4.78, 5) is 4.65. The molecule has 0 fully saturated rings. The molecule has 2 rings (SSSR count). The average molecular weight is 233 g/mol. The average Bonchev–Trinajstić information content (AvgIpc) is 2.46. The van der Waals surface area contributed by atoms with Crippen LogP contribution in [-0.2, 0) is 0 Å². The highest BCUT2D eigenvalue weighted by Crippen LogP contribution is 2.20. The Bertz CT molecular complexity index is 580. The Balaban J connectivity index is 2.45. The first kappa shape index (κ1) is 12.1. The number of nitrogens with zero attached hydrogens (tertiary/aromatic N) is 1. The van der Waals surface area contributed by atoms with Gasteiger partial charge in [0.05, 0.1) is 11.4 Å². The normalized spacial score (nSPS) is 11.0. The summed E-state index contributed by atoms with van der Waals surface area (Å²) in [5, 5.41) is 0. The molecule has 0 N–H and O–H groups in total. The SMILES string of the molecule is C=C/C=C(\C=C)c1cccc(-c2ccccc2)n1. The Kier molecular flexibility index (Phi) is 3.87. The van der Waals surface area contributed by atoms with Gasteiger partial charge in [0.25, 0.3) is 0 Å². The van der Waals surface area contributed by atoms with Crippen molar-refractivity contribution in [1.82, 2.24) is 4.98 Å². The van der Waals surface area contributed by atoms with Crippen LogP contribution in [0.5, 0.6) is 0 Å². The van der Waals surface area contributed by atoms with E-state index in [2.05, 4.69) is 30.3 Å². The van der Waals surface area contributed by atoms with Gasteiger partial charge in [-0.2, -0.15) is 0 Å². The van der Waals surface area contributed by atoms with Gasteiger partial charge in [0.15, 0.2) is 0 Å². The Morgan fingerprint density at radius 1 is 0.944 bits per heavy atom. The molecular formula is C17H15N. The molecule has 0 aliphatic carbocycles. The Morgan fingerprint density at radius 2 is 1.72 bits per heavy atom. The first-order valence-corrected chi connectivity index (χ1v) is 5.83. The molecule has 0 bridgehead atoms. The van der Waals surface area contributed by atoms with Crippen molar-refractivity contribution >= 4 is 5.57 Å². The van der Waals surface area contributed by atoms with Crippen LogP contribution in [0.4, 0.5) is 0 Å². The summed E-state index contributed by atoms with van der Waals surface area (Å²) in [6.07, 6.45) is 5.44. The smallest absolute Gasteiger partial charge is 0.0709 e. The summed E-state index contributed by atoms with van der Waals surface area (Å²) < 4.78 is 0. The van der Waals surface area contributed by atoms with E-state index in [1.807, 2.05) is 42.5 Å². The van der Waals surface area contributed by atoms with Crippen LogP contribution in [0.1, 0.15) is 5.69 Å². The standard InChI is InChI=1S/C17H15N/c1-3-9-14(4-2)16-12-8-13-17(18-16)15-10-6-5-7-11-15/h3-13H,1-2H2/b14-9+. The molecule has 0 saturated heterocycles. The fraction of sp³-hybridized carbons (Fsp3) is 0. The molecule has 1 aromatic carbocycles. The van der Waals surface area contributed by atoms with Gasteiger partial charge in [-0.3, -0.25) is 0 Å². The molecule has 0 saturated carbocycles.